The van der Waals surface area contributed by atoms with Gasteiger partial charge in [0.1, 0.15) is 6.61 Å². The number of carboxylic acid groups (broad SMARTS) is 1. The second-order valence-electron chi connectivity index (χ2n) is 6.33. The zero-order valence-corrected chi connectivity index (χ0v) is 18.2. The molecule has 8 heteroatoms. The second-order valence-corrected chi connectivity index (χ2v) is 7.58. The van der Waals surface area contributed by atoms with Crippen molar-refractivity contribution in [3.63, 3.8) is 0 Å². The summed E-state index contributed by atoms with van der Waals surface area (Å²) < 4.78 is 11.5. The number of nitrogens with one attached hydrogen (secondary N) is 1. The van der Waals surface area contributed by atoms with Crippen LogP contribution in [-0.2, 0) is 13.2 Å². The maximum Gasteiger partial charge on any atom is 0.337 e. The first-order chi connectivity index (χ1) is 14.4. The lowest BCUT2D eigenvalue weighted by molar-refractivity contribution is 0.0697. The number of halogens is 3. The van der Waals surface area contributed by atoms with Crippen LogP contribution in [0, 0.1) is 0 Å². The Morgan fingerprint density at radius 2 is 1.80 bits per heavy atom. The van der Waals surface area contributed by atoms with E-state index in [4.69, 9.17) is 49.4 Å². The first-order valence-electron chi connectivity index (χ1n) is 8.88. The minimum atomic E-state index is -1.07. The van der Waals surface area contributed by atoms with Gasteiger partial charge in [-0.3, -0.25) is 0 Å². The molecular weight excluding hydrogens is 449 g/mol. The molecule has 156 valence electrons. The lowest BCUT2D eigenvalue weighted by Gasteiger charge is -2.17. The van der Waals surface area contributed by atoms with Gasteiger partial charge in [0.05, 0.1) is 17.7 Å². The number of ether oxygens (including phenoxy) is 2. The fourth-order valence-electron chi connectivity index (χ4n) is 2.81. The minimum Gasteiger partial charge on any atom is -0.493 e. The molecule has 3 aromatic rings. The van der Waals surface area contributed by atoms with Gasteiger partial charge in [-0.15, -0.1) is 0 Å². The third kappa shape index (κ3) is 5.30. The van der Waals surface area contributed by atoms with Gasteiger partial charge in [0, 0.05) is 33.4 Å². The van der Waals surface area contributed by atoms with Crippen LogP contribution in [0.15, 0.2) is 54.6 Å². The van der Waals surface area contributed by atoms with Crippen molar-refractivity contribution in [2.24, 2.45) is 0 Å². The SMILES string of the molecule is COc1cccc(CNc2ccc(C(=O)O)c(Cl)c2)c1OCc1ccc(Cl)cc1Cl. The van der Waals surface area contributed by atoms with Crippen LogP contribution >= 0.6 is 34.8 Å². The van der Waals surface area contributed by atoms with Crippen LogP contribution in [0.1, 0.15) is 21.5 Å². The van der Waals surface area contributed by atoms with E-state index >= 15 is 0 Å². The Labute approximate surface area is 189 Å². The topological polar surface area (TPSA) is 67.8 Å². The van der Waals surface area contributed by atoms with Crippen LogP contribution in [0.2, 0.25) is 15.1 Å². The summed E-state index contributed by atoms with van der Waals surface area (Å²) in [5.74, 6) is 0.0845. The molecule has 0 bridgehead atoms. The van der Waals surface area contributed by atoms with E-state index in [1.54, 1.807) is 37.4 Å². The molecular formula is C22H18Cl3NO4. The molecule has 30 heavy (non-hydrogen) atoms. The van der Waals surface area contributed by atoms with E-state index in [1.807, 2.05) is 18.2 Å². The number of hydrogen-bond acceptors (Lipinski definition) is 4. The number of benzene rings is 3. The Bertz CT molecular complexity index is 1070. The van der Waals surface area contributed by atoms with Crippen LogP contribution in [0.25, 0.3) is 0 Å². The van der Waals surface area contributed by atoms with E-state index in [0.29, 0.717) is 33.8 Å². The van der Waals surface area contributed by atoms with Gasteiger partial charge in [0.2, 0.25) is 0 Å². The number of carboxylic acids is 1. The Balaban J connectivity index is 1.78. The van der Waals surface area contributed by atoms with Crippen molar-refractivity contribution in [3.8, 4) is 11.5 Å². The first-order valence-corrected chi connectivity index (χ1v) is 10.0. The molecule has 0 aliphatic heterocycles. The van der Waals surface area contributed by atoms with E-state index in [2.05, 4.69) is 5.32 Å². The van der Waals surface area contributed by atoms with Crippen molar-refractivity contribution < 1.29 is 19.4 Å². The van der Waals surface area contributed by atoms with E-state index in [1.165, 1.54) is 6.07 Å². The molecule has 3 aromatic carbocycles. The molecule has 0 heterocycles. The smallest absolute Gasteiger partial charge is 0.337 e. The van der Waals surface area contributed by atoms with Crippen LogP contribution in [0.3, 0.4) is 0 Å². The quantitative estimate of drug-likeness (QED) is 0.394. The highest BCUT2D eigenvalue weighted by Crippen LogP contribution is 2.33. The monoisotopic (exact) mass is 465 g/mol. The summed E-state index contributed by atoms with van der Waals surface area (Å²) in [5.41, 5.74) is 2.37. The lowest BCUT2D eigenvalue weighted by Crippen LogP contribution is -2.06. The first kappa shape index (κ1) is 22.1. The molecule has 5 nitrogen and oxygen atoms in total. The summed E-state index contributed by atoms with van der Waals surface area (Å²) in [6, 6.07) is 15.5. The summed E-state index contributed by atoms with van der Waals surface area (Å²) in [6.45, 7) is 0.645. The molecule has 0 saturated carbocycles. The summed E-state index contributed by atoms with van der Waals surface area (Å²) in [4.78, 5) is 11.1. The number of anilines is 1. The molecule has 0 radical (unpaired) electrons. The fraction of sp³-hybridized carbons (Fsp3) is 0.136. The predicted octanol–water partition coefficient (Wildman–Crippen LogP) is 6.54. The number of hydrogen-bond donors (Lipinski definition) is 2. The van der Waals surface area contributed by atoms with Crippen molar-refractivity contribution in [1.29, 1.82) is 0 Å². The van der Waals surface area contributed by atoms with E-state index in [9.17, 15) is 4.79 Å². The van der Waals surface area contributed by atoms with Crippen molar-refractivity contribution in [1.82, 2.24) is 0 Å². The highest BCUT2D eigenvalue weighted by molar-refractivity contribution is 6.35. The average Bonchev–Trinajstić information content (AvgIpc) is 2.71. The highest BCUT2D eigenvalue weighted by Gasteiger charge is 2.13. The Hall–Kier alpha value is -2.60. The van der Waals surface area contributed by atoms with Gasteiger partial charge >= 0.3 is 5.97 Å². The molecule has 2 N–H and O–H groups in total. The van der Waals surface area contributed by atoms with Crippen molar-refractivity contribution in [3.05, 3.63) is 86.4 Å². The fourth-order valence-corrected chi connectivity index (χ4v) is 3.53. The number of carbonyl (C=O) groups is 1. The molecule has 0 amide bonds. The zero-order chi connectivity index (χ0) is 21.7. The normalized spacial score (nSPS) is 10.5. The molecule has 0 aliphatic rings. The van der Waals surface area contributed by atoms with Gasteiger partial charge < -0.3 is 19.9 Å². The summed E-state index contributed by atoms with van der Waals surface area (Å²) >= 11 is 18.2. The summed E-state index contributed by atoms with van der Waals surface area (Å²) in [5, 5.41) is 13.5. The van der Waals surface area contributed by atoms with E-state index in [0.717, 1.165) is 11.1 Å². The number of aromatic carboxylic acids is 1. The predicted molar refractivity (Wildman–Crippen MR) is 120 cm³/mol. The molecule has 0 spiro atoms. The van der Waals surface area contributed by atoms with Crippen molar-refractivity contribution >= 4 is 46.5 Å². The number of para-hydroxylation sites is 1. The molecule has 0 fully saturated rings. The van der Waals surface area contributed by atoms with Crippen LogP contribution in [-0.4, -0.2) is 18.2 Å². The van der Waals surface area contributed by atoms with Crippen LogP contribution in [0.5, 0.6) is 11.5 Å². The number of methoxy groups -OCH3 is 1. The van der Waals surface area contributed by atoms with Crippen molar-refractivity contribution in [2.75, 3.05) is 12.4 Å². The third-order valence-corrected chi connectivity index (χ3v) is 5.25. The van der Waals surface area contributed by atoms with Crippen LogP contribution in [0.4, 0.5) is 5.69 Å². The van der Waals surface area contributed by atoms with Gasteiger partial charge in [0.15, 0.2) is 11.5 Å². The third-order valence-electron chi connectivity index (χ3n) is 4.35. The minimum absolute atomic E-state index is 0.0486. The average molecular weight is 467 g/mol. The maximum absolute atomic E-state index is 11.1. The van der Waals surface area contributed by atoms with Gasteiger partial charge in [-0.2, -0.15) is 0 Å². The van der Waals surface area contributed by atoms with Gasteiger partial charge in [-0.05, 0) is 36.4 Å². The van der Waals surface area contributed by atoms with Crippen molar-refractivity contribution in [2.45, 2.75) is 13.2 Å². The Morgan fingerprint density at radius 1 is 1.00 bits per heavy atom. The standard InChI is InChI=1S/C22H18Cl3NO4/c1-29-20-4-2-3-13(11-26-16-7-8-17(22(27)28)19(25)10-16)21(20)30-12-14-5-6-15(23)9-18(14)24/h2-10,26H,11-12H2,1H3,(H,27,28). The molecule has 3 rings (SSSR count). The molecule has 0 atom stereocenters. The van der Waals surface area contributed by atoms with Gasteiger partial charge in [-0.25, -0.2) is 4.79 Å². The Morgan fingerprint density at radius 3 is 2.47 bits per heavy atom. The molecule has 0 unspecified atom stereocenters. The zero-order valence-electron chi connectivity index (χ0n) is 15.9. The molecule has 0 saturated heterocycles. The van der Waals surface area contributed by atoms with Gasteiger partial charge in [0.25, 0.3) is 0 Å². The second kappa shape index (κ2) is 9.94. The summed E-state index contributed by atoms with van der Waals surface area (Å²) in [7, 11) is 1.57. The highest BCUT2D eigenvalue weighted by atomic mass is 35.5. The summed E-state index contributed by atoms with van der Waals surface area (Å²) in [6.07, 6.45) is 0. The van der Waals surface area contributed by atoms with E-state index in [-0.39, 0.29) is 17.2 Å². The van der Waals surface area contributed by atoms with E-state index < -0.39 is 5.97 Å². The van der Waals surface area contributed by atoms with Crippen LogP contribution < -0.4 is 14.8 Å². The maximum atomic E-state index is 11.1. The van der Waals surface area contributed by atoms with Gasteiger partial charge in [-0.1, -0.05) is 53.0 Å². The largest absolute Gasteiger partial charge is 0.493 e. The molecule has 0 aromatic heterocycles. The lowest BCUT2D eigenvalue weighted by atomic mass is 10.1. The Kier molecular flexibility index (Phi) is 7.32. The number of rotatable bonds is 8. The molecule has 0 aliphatic carbocycles.